The van der Waals surface area contributed by atoms with Gasteiger partial charge in [-0.3, -0.25) is 14.4 Å². The molecule has 1 aromatic rings. The number of fused-ring (bicyclic) bond motifs is 1. The second-order valence-electron chi connectivity index (χ2n) is 9.51. The Bertz CT molecular complexity index is 896. The number of hydrogen-bond acceptors (Lipinski definition) is 5. The van der Waals surface area contributed by atoms with Crippen LogP contribution in [0.4, 0.5) is 11.4 Å². The van der Waals surface area contributed by atoms with Gasteiger partial charge in [0.25, 0.3) is 0 Å². The molecule has 2 saturated carbocycles. The number of hydrogen-bond donors (Lipinski definition) is 2. The predicted octanol–water partition coefficient (Wildman–Crippen LogP) is 1.44. The average Bonchev–Trinajstić information content (AvgIpc) is 3.67. The number of anilines is 2. The molecule has 174 valence electrons. The van der Waals surface area contributed by atoms with Crippen molar-refractivity contribution in [1.29, 1.82) is 0 Å². The summed E-state index contributed by atoms with van der Waals surface area (Å²) in [6.45, 7) is 5.32. The predicted molar refractivity (Wildman–Crippen MR) is 125 cm³/mol. The third-order valence-corrected chi connectivity index (χ3v) is 6.88. The first-order valence-electron chi connectivity index (χ1n) is 11.7. The molecule has 32 heavy (non-hydrogen) atoms. The zero-order chi connectivity index (χ0) is 23.0. The highest BCUT2D eigenvalue weighted by atomic mass is 16.2. The maximum Gasteiger partial charge on any atom is 0.236 e. The van der Waals surface area contributed by atoms with Crippen LogP contribution in [0.15, 0.2) is 18.2 Å². The molecule has 1 aromatic carbocycles. The number of nitrogens with one attached hydrogen (secondary N) is 1. The van der Waals surface area contributed by atoms with Crippen LogP contribution in [0, 0.1) is 5.92 Å². The second kappa shape index (κ2) is 9.19. The molecule has 8 nitrogen and oxygen atoms in total. The molecular formula is C24H35N5O3. The van der Waals surface area contributed by atoms with Gasteiger partial charge in [0.1, 0.15) is 0 Å². The highest BCUT2D eigenvalue weighted by Gasteiger charge is 2.40. The number of rotatable bonds is 8. The van der Waals surface area contributed by atoms with Gasteiger partial charge in [0, 0.05) is 51.5 Å². The Labute approximate surface area is 190 Å². The Morgan fingerprint density at radius 2 is 1.91 bits per heavy atom. The maximum absolute atomic E-state index is 13.0. The van der Waals surface area contributed by atoms with Crippen LogP contribution in [-0.2, 0) is 14.4 Å². The van der Waals surface area contributed by atoms with Crippen LogP contribution in [0.5, 0.6) is 0 Å². The van der Waals surface area contributed by atoms with Gasteiger partial charge >= 0.3 is 0 Å². The first kappa shape index (κ1) is 22.7. The minimum atomic E-state index is -0.0741. The average molecular weight is 442 g/mol. The quantitative estimate of drug-likeness (QED) is 0.636. The van der Waals surface area contributed by atoms with Crippen molar-refractivity contribution in [3.8, 4) is 0 Å². The number of likely N-dealkylation sites (N-methyl/N-ethyl adjacent to an activating group) is 1. The molecule has 3 aliphatic rings. The summed E-state index contributed by atoms with van der Waals surface area (Å²) in [6.07, 6.45) is 4.06. The number of nitrogens with two attached hydrogens (primary N) is 1. The van der Waals surface area contributed by atoms with Crippen LogP contribution in [0.2, 0.25) is 0 Å². The van der Waals surface area contributed by atoms with Gasteiger partial charge in [-0.05, 0) is 50.3 Å². The molecule has 8 heteroatoms. The van der Waals surface area contributed by atoms with Crippen molar-refractivity contribution in [1.82, 2.24) is 10.2 Å². The zero-order valence-corrected chi connectivity index (χ0v) is 19.3. The lowest BCUT2D eigenvalue weighted by Crippen LogP contribution is -2.51. The molecule has 2 fully saturated rings. The number of carbonyl (C=O) groups is 3. The minimum absolute atomic E-state index is 0.00216. The maximum atomic E-state index is 13.0. The van der Waals surface area contributed by atoms with E-state index in [0.29, 0.717) is 25.7 Å². The van der Waals surface area contributed by atoms with Crippen LogP contribution in [0.3, 0.4) is 0 Å². The highest BCUT2D eigenvalue weighted by molar-refractivity contribution is 6.05. The number of benzene rings is 1. The topological polar surface area (TPSA) is 99.0 Å². The molecule has 0 spiro atoms. The third-order valence-electron chi connectivity index (χ3n) is 6.88. The lowest BCUT2D eigenvalue weighted by atomic mass is 9.95. The standard InChI is InChI=1S/C24H35N5O3/c1-15-14-28(24(32)17-4-5-17)22-10-18(6-9-21(22)29(15)16(2)30)19(11-25)12-26-13-23(31)27(3)20-7-8-20/h6,9-10,15,17,19-20,26H,4-5,7-8,11-14,25H2,1-3H3/t15-,19?/m0/s1. The first-order valence-corrected chi connectivity index (χ1v) is 11.7. The lowest BCUT2D eigenvalue weighted by molar-refractivity contribution is -0.129. The van der Waals surface area contributed by atoms with E-state index in [1.54, 1.807) is 11.8 Å². The summed E-state index contributed by atoms with van der Waals surface area (Å²) in [5, 5.41) is 3.26. The zero-order valence-electron chi connectivity index (χ0n) is 19.3. The molecule has 2 atom stereocenters. The van der Waals surface area contributed by atoms with Gasteiger partial charge in [-0.25, -0.2) is 0 Å². The van der Waals surface area contributed by atoms with Crippen molar-refractivity contribution in [3.05, 3.63) is 23.8 Å². The van der Waals surface area contributed by atoms with Crippen molar-refractivity contribution >= 4 is 29.1 Å². The molecular weight excluding hydrogens is 406 g/mol. The molecule has 3 N–H and O–H groups in total. The Morgan fingerprint density at radius 1 is 1.19 bits per heavy atom. The summed E-state index contributed by atoms with van der Waals surface area (Å²) < 4.78 is 0. The molecule has 2 aliphatic carbocycles. The van der Waals surface area contributed by atoms with Gasteiger partial charge in [-0.2, -0.15) is 0 Å². The molecule has 0 radical (unpaired) electrons. The van der Waals surface area contributed by atoms with E-state index < -0.39 is 0 Å². The molecule has 0 saturated heterocycles. The summed E-state index contributed by atoms with van der Waals surface area (Å²) in [5.74, 6) is 0.322. The molecule has 4 rings (SSSR count). The summed E-state index contributed by atoms with van der Waals surface area (Å²) in [4.78, 5) is 43.1. The Balaban J connectivity index is 1.52. The van der Waals surface area contributed by atoms with E-state index in [1.807, 2.05) is 42.0 Å². The monoisotopic (exact) mass is 441 g/mol. The van der Waals surface area contributed by atoms with Gasteiger partial charge < -0.3 is 25.8 Å². The van der Waals surface area contributed by atoms with Crippen LogP contribution in [0.25, 0.3) is 0 Å². The van der Waals surface area contributed by atoms with E-state index in [2.05, 4.69) is 5.32 Å². The van der Waals surface area contributed by atoms with Gasteiger partial charge in [-0.15, -0.1) is 0 Å². The molecule has 1 unspecified atom stereocenters. The number of amides is 3. The van der Waals surface area contributed by atoms with Crippen molar-refractivity contribution in [2.45, 2.75) is 57.5 Å². The van der Waals surface area contributed by atoms with Gasteiger partial charge in [-0.1, -0.05) is 6.07 Å². The van der Waals surface area contributed by atoms with Crippen LogP contribution < -0.4 is 20.9 Å². The second-order valence-corrected chi connectivity index (χ2v) is 9.51. The lowest BCUT2D eigenvalue weighted by Gasteiger charge is -2.41. The largest absolute Gasteiger partial charge is 0.342 e. The van der Waals surface area contributed by atoms with Crippen LogP contribution in [0.1, 0.15) is 51.0 Å². The molecule has 0 bridgehead atoms. The van der Waals surface area contributed by atoms with Crippen LogP contribution >= 0.6 is 0 Å². The summed E-state index contributed by atoms with van der Waals surface area (Å²) in [7, 11) is 1.86. The smallest absolute Gasteiger partial charge is 0.236 e. The normalized spacial score (nSPS) is 21.2. The first-order chi connectivity index (χ1) is 15.3. The van der Waals surface area contributed by atoms with Crippen molar-refractivity contribution in [2.75, 3.05) is 43.0 Å². The fourth-order valence-corrected chi connectivity index (χ4v) is 4.62. The minimum Gasteiger partial charge on any atom is -0.342 e. The number of nitrogens with zero attached hydrogens (tertiary/aromatic N) is 3. The third kappa shape index (κ3) is 4.66. The van der Waals surface area contributed by atoms with Crippen LogP contribution in [-0.4, -0.2) is 67.9 Å². The summed E-state index contributed by atoms with van der Waals surface area (Å²) in [6, 6.07) is 6.26. The molecule has 0 aromatic heterocycles. The SMILES string of the molecule is CC(=O)N1c2ccc(C(CN)CNCC(=O)N(C)C3CC3)cc2N(C(=O)C2CC2)C[C@@H]1C. The van der Waals surface area contributed by atoms with E-state index in [-0.39, 0.29) is 42.1 Å². The van der Waals surface area contributed by atoms with E-state index in [1.165, 1.54) is 0 Å². The van der Waals surface area contributed by atoms with Crippen molar-refractivity contribution in [2.24, 2.45) is 11.7 Å². The van der Waals surface area contributed by atoms with Crippen molar-refractivity contribution in [3.63, 3.8) is 0 Å². The fourth-order valence-electron chi connectivity index (χ4n) is 4.62. The molecule has 1 heterocycles. The molecule has 3 amide bonds. The fraction of sp³-hybridized carbons (Fsp3) is 0.625. The van der Waals surface area contributed by atoms with E-state index in [4.69, 9.17) is 5.73 Å². The van der Waals surface area contributed by atoms with Gasteiger partial charge in [0.15, 0.2) is 0 Å². The summed E-state index contributed by atoms with van der Waals surface area (Å²) >= 11 is 0. The Hall–Kier alpha value is -2.45. The Morgan fingerprint density at radius 3 is 2.50 bits per heavy atom. The number of carbonyl (C=O) groups excluding carboxylic acids is 3. The molecule has 1 aliphatic heterocycles. The van der Waals surface area contributed by atoms with Gasteiger partial charge in [0.2, 0.25) is 17.7 Å². The Kier molecular flexibility index (Phi) is 6.53. The van der Waals surface area contributed by atoms with Crippen molar-refractivity contribution < 1.29 is 14.4 Å². The van der Waals surface area contributed by atoms with E-state index >= 15 is 0 Å². The van der Waals surface area contributed by atoms with E-state index in [9.17, 15) is 14.4 Å². The van der Waals surface area contributed by atoms with Gasteiger partial charge in [0.05, 0.1) is 24.0 Å². The summed E-state index contributed by atoms with van der Waals surface area (Å²) in [5.41, 5.74) is 8.66. The highest BCUT2D eigenvalue weighted by Crippen LogP contribution is 2.41. The van der Waals surface area contributed by atoms with E-state index in [0.717, 1.165) is 42.6 Å².